The Bertz CT molecular complexity index is 307. The van der Waals surface area contributed by atoms with Gasteiger partial charge in [0, 0.05) is 31.1 Å². The average Bonchev–Trinajstić information content (AvgIpc) is 2.40. The molecule has 0 amide bonds. The Labute approximate surface area is 110 Å². The fraction of sp³-hybridized carbons (Fsp3) is 0.714. The molecule has 1 N–H and O–H groups in total. The molecule has 1 atom stereocenters. The van der Waals surface area contributed by atoms with E-state index in [1.807, 2.05) is 19.3 Å². The summed E-state index contributed by atoms with van der Waals surface area (Å²) in [4.78, 5) is 8.84. The third kappa shape index (κ3) is 5.10. The predicted octanol–water partition coefficient (Wildman–Crippen LogP) is 2.85. The van der Waals surface area contributed by atoms with Gasteiger partial charge >= 0.3 is 0 Å². The lowest BCUT2D eigenvalue weighted by Gasteiger charge is -2.14. The minimum Gasteiger partial charge on any atom is -0.371 e. The van der Waals surface area contributed by atoms with Crippen molar-refractivity contribution in [3.05, 3.63) is 23.8 Å². The zero-order valence-corrected chi connectivity index (χ0v) is 11.8. The Morgan fingerprint density at radius 1 is 1.17 bits per heavy atom. The maximum Gasteiger partial charge on any atom is 0.157 e. The number of rotatable bonds is 9. The molecule has 1 heterocycles. The molecular formula is C14H25N3O. The summed E-state index contributed by atoms with van der Waals surface area (Å²) in [5, 5.41) is 3.34. The van der Waals surface area contributed by atoms with Crippen LogP contribution >= 0.6 is 0 Å². The second-order valence-corrected chi connectivity index (χ2v) is 4.36. The van der Waals surface area contributed by atoms with Crippen LogP contribution < -0.4 is 5.32 Å². The summed E-state index contributed by atoms with van der Waals surface area (Å²) in [7, 11) is 0. The molecule has 0 fully saturated rings. The van der Waals surface area contributed by atoms with Gasteiger partial charge in [-0.25, -0.2) is 9.97 Å². The van der Waals surface area contributed by atoms with Crippen LogP contribution in [-0.4, -0.2) is 23.1 Å². The van der Waals surface area contributed by atoms with Crippen LogP contribution in [0, 0.1) is 0 Å². The van der Waals surface area contributed by atoms with Crippen molar-refractivity contribution in [2.24, 2.45) is 0 Å². The van der Waals surface area contributed by atoms with Gasteiger partial charge in [-0.1, -0.05) is 20.3 Å². The van der Waals surface area contributed by atoms with Crippen molar-refractivity contribution >= 4 is 0 Å². The van der Waals surface area contributed by atoms with Gasteiger partial charge in [0.05, 0.1) is 0 Å². The first-order chi connectivity index (χ1) is 8.81. The zero-order valence-electron chi connectivity index (χ0n) is 11.8. The molecule has 1 rings (SSSR count). The normalized spacial score (nSPS) is 12.6. The van der Waals surface area contributed by atoms with Crippen molar-refractivity contribution in [3.63, 3.8) is 0 Å². The largest absolute Gasteiger partial charge is 0.371 e. The second kappa shape index (κ2) is 9.00. The molecule has 1 aromatic rings. The highest BCUT2D eigenvalue weighted by Crippen LogP contribution is 2.18. The Morgan fingerprint density at radius 3 is 2.44 bits per heavy atom. The van der Waals surface area contributed by atoms with Gasteiger partial charge in [-0.05, 0) is 26.3 Å². The Balaban J connectivity index is 2.56. The van der Waals surface area contributed by atoms with Crippen LogP contribution in [0.2, 0.25) is 0 Å². The van der Waals surface area contributed by atoms with Crippen molar-refractivity contribution < 1.29 is 4.74 Å². The Hall–Kier alpha value is -1.00. The van der Waals surface area contributed by atoms with Crippen LogP contribution in [0.3, 0.4) is 0 Å². The van der Waals surface area contributed by atoms with Crippen LogP contribution in [0.15, 0.2) is 12.4 Å². The van der Waals surface area contributed by atoms with Crippen molar-refractivity contribution in [2.45, 2.75) is 52.7 Å². The third-order valence-electron chi connectivity index (χ3n) is 2.69. The van der Waals surface area contributed by atoms with Gasteiger partial charge in [0.25, 0.3) is 0 Å². The van der Waals surface area contributed by atoms with Gasteiger partial charge in [0.15, 0.2) is 5.82 Å². The number of nitrogens with one attached hydrogen (secondary N) is 1. The van der Waals surface area contributed by atoms with Gasteiger partial charge in [-0.2, -0.15) is 0 Å². The van der Waals surface area contributed by atoms with Crippen LogP contribution in [0.5, 0.6) is 0 Å². The topological polar surface area (TPSA) is 47.0 Å². The summed E-state index contributed by atoms with van der Waals surface area (Å²) in [5.74, 6) is 0.804. The number of nitrogens with zero attached hydrogens (tertiary/aromatic N) is 2. The average molecular weight is 251 g/mol. The smallest absolute Gasteiger partial charge is 0.157 e. The summed E-state index contributed by atoms with van der Waals surface area (Å²) >= 11 is 0. The van der Waals surface area contributed by atoms with E-state index in [1.54, 1.807) is 0 Å². The number of hydrogen-bond acceptors (Lipinski definition) is 4. The summed E-state index contributed by atoms with van der Waals surface area (Å²) in [6, 6.07) is 0. The zero-order chi connectivity index (χ0) is 13.2. The van der Waals surface area contributed by atoms with E-state index < -0.39 is 0 Å². The molecule has 0 bridgehead atoms. The van der Waals surface area contributed by atoms with Gasteiger partial charge < -0.3 is 10.1 Å². The SMILES string of the molecule is CCCNCc1cnc(C(CCC)OCC)nc1. The first-order valence-corrected chi connectivity index (χ1v) is 6.94. The van der Waals surface area contributed by atoms with Crippen LogP contribution in [0.25, 0.3) is 0 Å². The van der Waals surface area contributed by atoms with Gasteiger partial charge in [0.2, 0.25) is 0 Å². The monoisotopic (exact) mass is 251 g/mol. The fourth-order valence-electron chi connectivity index (χ4n) is 1.78. The molecule has 4 heteroatoms. The molecule has 0 saturated carbocycles. The number of aromatic nitrogens is 2. The molecule has 18 heavy (non-hydrogen) atoms. The predicted molar refractivity (Wildman–Crippen MR) is 73.3 cm³/mol. The lowest BCUT2D eigenvalue weighted by Crippen LogP contribution is -2.15. The van der Waals surface area contributed by atoms with E-state index in [-0.39, 0.29) is 6.10 Å². The quantitative estimate of drug-likeness (QED) is 0.686. The van der Waals surface area contributed by atoms with Gasteiger partial charge in [0.1, 0.15) is 6.10 Å². The first-order valence-electron chi connectivity index (χ1n) is 6.94. The van der Waals surface area contributed by atoms with E-state index in [2.05, 4.69) is 29.1 Å². The van der Waals surface area contributed by atoms with Crippen molar-refractivity contribution in [2.75, 3.05) is 13.2 Å². The molecular weight excluding hydrogens is 226 g/mol. The Morgan fingerprint density at radius 2 is 1.89 bits per heavy atom. The summed E-state index contributed by atoms with van der Waals surface area (Å²) in [6.45, 7) is 8.87. The fourth-order valence-corrected chi connectivity index (χ4v) is 1.78. The minimum atomic E-state index is 0.0395. The maximum absolute atomic E-state index is 5.67. The van der Waals surface area contributed by atoms with Crippen molar-refractivity contribution in [1.82, 2.24) is 15.3 Å². The van der Waals surface area contributed by atoms with Gasteiger partial charge in [-0.15, -0.1) is 0 Å². The Kier molecular flexibility index (Phi) is 7.53. The van der Waals surface area contributed by atoms with Crippen LogP contribution in [-0.2, 0) is 11.3 Å². The molecule has 1 unspecified atom stereocenters. The molecule has 0 saturated heterocycles. The first kappa shape index (κ1) is 15.1. The number of ether oxygens (including phenoxy) is 1. The van der Waals surface area contributed by atoms with Crippen molar-refractivity contribution in [3.8, 4) is 0 Å². The highest BCUT2D eigenvalue weighted by molar-refractivity contribution is 5.06. The maximum atomic E-state index is 5.67. The van der Waals surface area contributed by atoms with E-state index in [0.717, 1.165) is 43.7 Å². The number of hydrogen-bond donors (Lipinski definition) is 1. The summed E-state index contributed by atoms with van der Waals surface area (Å²) in [6.07, 6.45) is 7.02. The van der Waals surface area contributed by atoms with Crippen LogP contribution in [0.1, 0.15) is 57.5 Å². The lowest BCUT2D eigenvalue weighted by molar-refractivity contribution is 0.0493. The molecule has 4 nitrogen and oxygen atoms in total. The molecule has 0 aliphatic heterocycles. The van der Waals surface area contributed by atoms with E-state index in [0.29, 0.717) is 6.61 Å². The summed E-state index contributed by atoms with van der Waals surface area (Å²) in [5.41, 5.74) is 1.12. The van der Waals surface area contributed by atoms with E-state index in [4.69, 9.17) is 4.74 Å². The summed E-state index contributed by atoms with van der Waals surface area (Å²) < 4.78 is 5.67. The third-order valence-corrected chi connectivity index (χ3v) is 2.69. The van der Waals surface area contributed by atoms with Crippen molar-refractivity contribution in [1.29, 1.82) is 0 Å². The highest BCUT2D eigenvalue weighted by Gasteiger charge is 2.13. The molecule has 1 aromatic heterocycles. The van der Waals surface area contributed by atoms with Crippen LogP contribution in [0.4, 0.5) is 0 Å². The van der Waals surface area contributed by atoms with E-state index >= 15 is 0 Å². The second-order valence-electron chi connectivity index (χ2n) is 4.36. The molecule has 0 aromatic carbocycles. The molecule has 0 radical (unpaired) electrons. The lowest BCUT2D eigenvalue weighted by atomic mass is 10.2. The highest BCUT2D eigenvalue weighted by atomic mass is 16.5. The molecule has 0 aliphatic carbocycles. The van der Waals surface area contributed by atoms with Gasteiger partial charge in [-0.3, -0.25) is 0 Å². The molecule has 102 valence electrons. The molecule has 0 spiro atoms. The van der Waals surface area contributed by atoms with E-state index in [1.165, 1.54) is 0 Å². The molecule has 0 aliphatic rings. The minimum absolute atomic E-state index is 0.0395. The van der Waals surface area contributed by atoms with E-state index in [9.17, 15) is 0 Å². The standard InChI is InChI=1S/C14H25N3O/c1-4-7-13(18-6-3)14-16-10-12(11-17-14)9-15-8-5-2/h10-11,13,15H,4-9H2,1-3H3.